The first-order valence-corrected chi connectivity index (χ1v) is 8.96. The number of nitrogens with one attached hydrogen (secondary N) is 1. The summed E-state index contributed by atoms with van der Waals surface area (Å²) in [5.74, 6) is 0. The van der Waals surface area contributed by atoms with Gasteiger partial charge < -0.3 is 5.11 Å². The average molecular weight is 468 g/mol. The van der Waals surface area contributed by atoms with Crippen LogP contribution in [0, 0.1) is 3.57 Å². The number of hydrogen-bond donors (Lipinski definition) is 2. The van der Waals surface area contributed by atoms with Crippen LogP contribution in [0.15, 0.2) is 51.8 Å². The zero-order valence-electron chi connectivity index (χ0n) is 10.2. The average Bonchev–Trinajstić information content (AvgIpc) is 2.40. The lowest BCUT2D eigenvalue weighted by atomic mass is 10.2. The molecule has 20 heavy (non-hydrogen) atoms. The van der Waals surface area contributed by atoms with Crippen molar-refractivity contribution in [2.24, 2.45) is 0 Å². The molecule has 0 aliphatic heterocycles. The summed E-state index contributed by atoms with van der Waals surface area (Å²) < 4.78 is 28.5. The number of aliphatic hydroxyl groups is 1. The van der Waals surface area contributed by atoms with Gasteiger partial charge in [-0.15, -0.1) is 0 Å². The van der Waals surface area contributed by atoms with E-state index in [9.17, 15) is 8.42 Å². The molecule has 0 aliphatic rings. The molecule has 2 N–H and O–H groups in total. The largest absolute Gasteiger partial charge is 0.392 e. The quantitative estimate of drug-likeness (QED) is 0.677. The van der Waals surface area contributed by atoms with E-state index in [1.807, 2.05) is 12.1 Å². The Balaban J connectivity index is 2.39. The van der Waals surface area contributed by atoms with E-state index in [2.05, 4.69) is 43.2 Å². The molecule has 0 spiro atoms. The molecule has 0 atom stereocenters. The minimum Gasteiger partial charge on any atom is -0.392 e. The summed E-state index contributed by atoms with van der Waals surface area (Å²) in [6.45, 7) is -0.136. The smallest absolute Gasteiger partial charge is 0.263 e. The highest BCUT2D eigenvalue weighted by Crippen LogP contribution is 2.27. The number of sulfonamides is 1. The second-order valence-corrected chi connectivity index (χ2v) is 7.68. The van der Waals surface area contributed by atoms with Crippen molar-refractivity contribution in [2.75, 3.05) is 4.72 Å². The fourth-order valence-electron chi connectivity index (χ4n) is 1.60. The third-order valence-corrected chi connectivity index (χ3v) is 5.87. The predicted molar refractivity (Wildman–Crippen MR) is 90.0 cm³/mol. The van der Waals surface area contributed by atoms with E-state index in [0.29, 0.717) is 15.7 Å². The van der Waals surface area contributed by atoms with Crippen LogP contribution in [0.2, 0.25) is 0 Å². The van der Waals surface area contributed by atoms with Gasteiger partial charge in [-0.1, -0.05) is 18.2 Å². The van der Waals surface area contributed by atoms with Gasteiger partial charge >= 0.3 is 0 Å². The Hall–Kier alpha value is -0.640. The third kappa shape index (κ3) is 3.51. The lowest BCUT2D eigenvalue weighted by molar-refractivity contribution is 0.281. The first kappa shape index (κ1) is 15.7. The Kier molecular flexibility index (Phi) is 5.05. The van der Waals surface area contributed by atoms with Crippen LogP contribution < -0.4 is 4.72 Å². The van der Waals surface area contributed by atoms with E-state index < -0.39 is 10.0 Å². The second-order valence-electron chi connectivity index (χ2n) is 4.01. The van der Waals surface area contributed by atoms with Crippen molar-refractivity contribution in [3.63, 3.8) is 0 Å². The number of hydrogen-bond acceptors (Lipinski definition) is 3. The van der Waals surface area contributed by atoms with Crippen LogP contribution in [-0.2, 0) is 16.6 Å². The van der Waals surface area contributed by atoms with Crippen LogP contribution in [0.3, 0.4) is 0 Å². The van der Waals surface area contributed by atoms with Gasteiger partial charge in [0.25, 0.3) is 10.0 Å². The molecule has 0 bridgehead atoms. The molecule has 0 saturated heterocycles. The number of anilines is 1. The minimum absolute atomic E-state index is 0.134. The first-order chi connectivity index (χ1) is 9.44. The van der Waals surface area contributed by atoms with Crippen molar-refractivity contribution < 1.29 is 13.5 Å². The SMILES string of the molecule is O=S(=O)(Nc1ccccc1I)c1ccc(CO)cc1Br. The topological polar surface area (TPSA) is 66.4 Å². The number of para-hydroxylation sites is 1. The summed E-state index contributed by atoms with van der Waals surface area (Å²) >= 11 is 5.29. The van der Waals surface area contributed by atoms with Crippen molar-refractivity contribution in [3.8, 4) is 0 Å². The molecule has 0 radical (unpaired) electrons. The fraction of sp³-hybridized carbons (Fsp3) is 0.0769. The van der Waals surface area contributed by atoms with Gasteiger partial charge in [0.2, 0.25) is 0 Å². The Morgan fingerprint density at radius 3 is 2.50 bits per heavy atom. The van der Waals surface area contributed by atoms with E-state index in [1.165, 1.54) is 6.07 Å². The highest BCUT2D eigenvalue weighted by atomic mass is 127. The number of halogens is 2. The van der Waals surface area contributed by atoms with Gasteiger partial charge in [0.1, 0.15) is 4.90 Å². The summed E-state index contributed by atoms with van der Waals surface area (Å²) in [6, 6.07) is 11.8. The third-order valence-electron chi connectivity index (χ3n) is 2.59. The molecule has 7 heteroatoms. The number of benzene rings is 2. The van der Waals surface area contributed by atoms with Crippen LogP contribution in [-0.4, -0.2) is 13.5 Å². The van der Waals surface area contributed by atoms with Gasteiger partial charge in [0.05, 0.1) is 12.3 Å². The minimum atomic E-state index is -3.67. The highest BCUT2D eigenvalue weighted by molar-refractivity contribution is 14.1. The Bertz CT molecular complexity index is 734. The van der Waals surface area contributed by atoms with Crippen molar-refractivity contribution >= 4 is 54.2 Å². The van der Waals surface area contributed by atoms with E-state index >= 15 is 0 Å². The van der Waals surface area contributed by atoms with Crippen LogP contribution >= 0.6 is 38.5 Å². The number of rotatable bonds is 4. The maximum absolute atomic E-state index is 12.4. The first-order valence-electron chi connectivity index (χ1n) is 5.60. The summed E-state index contributed by atoms with van der Waals surface area (Å²) in [5, 5.41) is 9.04. The molecule has 2 aromatic rings. The van der Waals surface area contributed by atoms with Gasteiger partial charge in [0, 0.05) is 8.04 Å². The van der Waals surface area contributed by atoms with Gasteiger partial charge in [0.15, 0.2) is 0 Å². The molecule has 0 amide bonds. The van der Waals surface area contributed by atoms with E-state index in [4.69, 9.17) is 5.11 Å². The standard InChI is InChI=1S/C13H11BrINO3S/c14-10-7-9(8-17)5-6-13(10)20(18,19)16-12-4-2-1-3-11(12)15/h1-7,16-17H,8H2. The summed E-state index contributed by atoms with van der Waals surface area (Å²) in [6.07, 6.45) is 0. The van der Waals surface area contributed by atoms with Crippen molar-refractivity contribution in [2.45, 2.75) is 11.5 Å². The van der Waals surface area contributed by atoms with E-state index in [-0.39, 0.29) is 11.5 Å². The lowest BCUT2D eigenvalue weighted by Crippen LogP contribution is -2.14. The van der Waals surface area contributed by atoms with Crippen LogP contribution in [0.25, 0.3) is 0 Å². The zero-order valence-corrected chi connectivity index (χ0v) is 14.7. The van der Waals surface area contributed by atoms with Crippen LogP contribution in [0.1, 0.15) is 5.56 Å². The molecule has 2 rings (SSSR count). The lowest BCUT2D eigenvalue weighted by Gasteiger charge is -2.11. The normalized spacial score (nSPS) is 11.3. The predicted octanol–water partition coefficient (Wildman–Crippen LogP) is 3.35. The molecule has 0 aliphatic carbocycles. The van der Waals surface area contributed by atoms with Crippen molar-refractivity contribution in [1.29, 1.82) is 0 Å². The van der Waals surface area contributed by atoms with Crippen LogP contribution in [0.5, 0.6) is 0 Å². The van der Waals surface area contributed by atoms with Crippen molar-refractivity contribution in [1.82, 2.24) is 0 Å². The molecule has 0 heterocycles. The summed E-state index contributed by atoms with van der Waals surface area (Å²) in [4.78, 5) is 0.134. The van der Waals surface area contributed by atoms with Gasteiger partial charge in [-0.25, -0.2) is 8.42 Å². The van der Waals surface area contributed by atoms with E-state index in [0.717, 1.165) is 3.57 Å². The Labute approximate surface area is 139 Å². The maximum Gasteiger partial charge on any atom is 0.263 e. The summed E-state index contributed by atoms with van der Waals surface area (Å²) in [7, 11) is -3.67. The molecular weight excluding hydrogens is 457 g/mol. The Morgan fingerprint density at radius 2 is 1.90 bits per heavy atom. The molecule has 0 fully saturated rings. The van der Waals surface area contributed by atoms with E-state index in [1.54, 1.807) is 24.3 Å². The maximum atomic E-state index is 12.4. The van der Waals surface area contributed by atoms with Gasteiger partial charge in [-0.3, -0.25) is 4.72 Å². The molecule has 0 saturated carbocycles. The number of aliphatic hydroxyl groups excluding tert-OH is 1. The Morgan fingerprint density at radius 1 is 1.20 bits per heavy atom. The van der Waals surface area contributed by atoms with Gasteiger partial charge in [-0.05, 0) is 68.3 Å². The molecule has 106 valence electrons. The molecule has 4 nitrogen and oxygen atoms in total. The molecular formula is C13H11BrINO3S. The van der Waals surface area contributed by atoms with Gasteiger partial charge in [-0.2, -0.15) is 0 Å². The fourth-order valence-corrected chi connectivity index (χ4v) is 4.52. The second kappa shape index (κ2) is 6.42. The monoisotopic (exact) mass is 467 g/mol. The van der Waals surface area contributed by atoms with Crippen molar-refractivity contribution in [3.05, 3.63) is 56.1 Å². The zero-order chi connectivity index (χ0) is 14.8. The van der Waals surface area contributed by atoms with Crippen LogP contribution in [0.4, 0.5) is 5.69 Å². The molecule has 0 aromatic heterocycles. The molecule has 0 unspecified atom stereocenters. The highest BCUT2D eigenvalue weighted by Gasteiger charge is 2.18. The molecule has 2 aromatic carbocycles. The summed E-state index contributed by atoms with van der Waals surface area (Å²) in [5.41, 5.74) is 1.18.